The Bertz CT molecular complexity index is 940. The minimum atomic E-state index is -3.74. The van der Waals surface area contributed by atoms with E-state index >= 15 is 0 Å². The zero-order valence-corrected chi connectivity index (χ0v) is 16.4. The second kappa shape index (κ2) is 7.58. The molecule has 1 aliphatic rings. The number of anilines is 2. The summed E-state index contributed by atoms with van der Waals surface area (Å²) in [5.41, 5.74) is 1.95. The first kappa shape index (κ1) is 19.2. The summed E-state index contributed by atoms with van der Waals surface area (Å²) in [5, 5.41) is 2.84. The van der Waals surface area contributed by atoms with E-state index in [-0.39, 0.29) is 17.3 Å². The Kier molecular flexibility index (Phi) is 5.38. The summed E-state index contributed by atoms with van der Waals surface area (Å²) in [5.74, 6) is 0.398. The van der Waals surface area contributed by atoms with E-state index in [9.17, 15) is 13.2 Å². The van der Waals surface area contributed by atoms with E-state index in [1.807, 2.05) is 12.1 Å². The number of sulfonamides is 1. The van der Waals surface area contributed by atoms with Crippen molar-refractivity contribution in [1.82, 2.24) is 4.90 Å². The van der Waals surface area contributed by atoms with Gasteiger partial charge in [-0.05, 0) is 56.4 Å². The van der Waals surface area contributed by atoms with Gasteiger partial charge in [0, 0.05) is 6.54 Å². The molecule has 3 rings (SSSR count). The van der Waals surface area contributed by atoms with Crippen molar-refractivity contribution in [2.45, 2.75) is 11.3 Å². The van der Waals surface area contributed by atoms with E-state index in [1.54, 1.807) is 37.2 Å². The molecule has 0 unspecified atom stereocenters. The highest BCUT2D eigenvalue weighted by Gasteiger charge is 2.33. The topological polar surface area (TPSA) is 79.0 Å². The second-order valence-electron chi connectivity index (χ2n) is 6.60. The van der Waals surface area contributed by atoms with E-state index in [4.69, 9.17) is 4.74 Å². The van der Waals surface area contributed by atoms with Crippen molar-refractivity contribution in [1.29, 1.82) is 0 Å². The predicted molar refractivity (Wildman–Crippen MR) is 105 cm³/mol. The van der Waals surface area contributed by atoms with Crippen molar-refractivity contribution in [3.63, 3.8) is 0 Å². The number of ether oxygens (including phenoxy) is 1. The molecule has 8 heteroatoms. The van der Waals surface area contributed by atoms with Gasteiger partial charge in [-0.3, -0.25) is 9.10 Å². The third kappa shape index (κ3) is 3.91. The molecule has 2 aromatic carbocycles. The lowest BCUT2D eigenvalue weighted by molar-refractivity contribution is -0.116. The minimum Gasteiger partial charge on any atom is -0.497 e. The molecular formula is C19H23N3O4S. The summed E-state index contributed by atoms with van der Waals surface area (Å²) in [6.45, 7) is 0.555. The molecule has 0 aromatic heterocycles. The van der Waals surface area contributed by atoms with Crippen LogP contribution < -0.4 is 14.4 Å². The maximum Gasteiger partial charge on any atom is 0.264 e. The molecule has 7 nitrogen and oxygen atoms in total. The SMILES string of the molecule is COc1ccc(S(=O)(=O)N2CCc3cccc(NC(=O)CN(C)C)c32)cc1. The molecule has 0 saturated heterocycles. The van der Waals surface area contributed by atoms with Crippen molar-refractivity contribution in [3.05, 3.63) is 48.0 Å². The second-order valence-corrected chi connectivity index (χ2v) is 8.46. The van der Waals surface area contributed by atoms with Gasteiger partial charge in [0.25, 0.3) is 10.0 Å². The first-order valence-corrected chi connectivity index (χ1v) is 10.00. The largest absolute Gasteiger partial charge is 0.497 e. The van der Waals surface area contributed by atoms with Crippen molar-refractivity contribution in [2.75, 3.05) is 43.9 Å². The fourth-order valence-corrected chi connectivity index (χ4v) is 4.64. The number of para-hydroxylation sites is 1. The fourth-order valence-electron chi connectivity index (χ4n) is 3.11. The zero-order valence-electron chi connectivity index (χ0n) is 15.6. The van der Waals surface area contributed by atoms with Gasteiger partial charge < -0.3 is 15.0 Å². The van der Waals surface area contributed by atoms with Gasteiger partial charge in [0.2, 0.25) is 5.91 Å². The number of likely N-dealkylation sites (N-methyl/N-ethyl adjacent to an activating group) is 1. The Morgan fingerprint density at radius 1 is 1.19 bits per heavy atom. The standard InChI is InChI=1S/C19H23N3O4S/c1-21(2)13-18(23)20-17-6-4-5-14-11-12-22(19(14)17)27(24,25)16-9-7-15(26-3)8-10-16/h4-10H,11-13H2,1-3H3,(H,20,23). The molecule has 1 amide bonds. The highest BCUT2D eigenvalue weighted by Crippen LogP contribution is 2.39. The van der Waals surface area contributed by atoms with E-state index in [1.165, 1.54) is 23.5 Å². The Morgan fingerprint density at radius 3 is 2.52 bits per heavy atom. The maximum absolute atomic E-state index is 13.2. The normalized spacial score (nSPS) is 13.6. The van der Waals surface area contributed by atoms with Crippen LogP contribution in [0.2, 0.25) is 0 Å². The lowest BCUT2D eigenvalue weighted by Crippen LogP contribution is -2.31. The van der Waals surface area contributed by atoms with Gasteiger partial charge in [0.05, 0.1) is 29.9 Å². The Morgan fingerprint density at radius 2 is 1.89 bits per heavy atom. The molecule has 0 aliphatic carbocycles. The number of carbonyl (C=O) groups is 1. The molecule has 0 saturated carbocycles. The Labute approximate surface area is 159 Å². The molecule has 27 heavy (non-hydrogen) atoms. The molecule has 0 atom stereocenters. The van der Waals surface area contributed by atoms with Gasteiger partial charge in [-0.15, -0.1) is 0 Å². The van der Waals surface area contributed by atoms with Crippen LogP contribution in [-0.2, 0) is 21.2 Å². The molecule has 2 aromatic rings. The number of nitrogens with one attached hydrogen (secondary N) is 1. The van der Waals surface area contributed by atoms with Crippen LogP contribution in [-0.4, -0.2) is 53.5 Å². The van der Waals surface area contributed by atoms with Crippen LogP contribution in [0.25, 0.3) is 0 Å². The predicted octanol–water partition coefficient (Wildman–Crippen LogP) is 1.95. The minimum absolute atomic E-state index is 0.186. The summed E-state index contributed by atoms with van der Waals surface area (Å²) in [6.07, 6.45) is 0.599. The fraction of sp³-hybridized carbons (Fsp3) is 0.316. The summed E-state index contributed by atoms with van der Waals surface area (Å²) >= 11 is 0. The van der Waals surface area contributed by atoms with Gasteiger partial charge in [-0.2, -0.15) is 0 Å². The highest BCUT2D eigenvalue weighted by molar-refractivity contribution is 7.92. The average molecular weight is 389 g/mol. The molecular weight excluding hydrogens is 366 g/mol. The van der Waals surface area contributed by atoms with E-state index in [0.717, 1.165) is 5.56 Å². The summed E-state index contributed by atoms with van der Waals surface area (Å²) < 4.78 is 32.8. The summed E-state index contributed by atoms with van der Waals surface area (Å²) in [4.78, 5) is 14.1. The number of hydrogen-bond acceptors (Lipinski definition) is 5. The third-order valence-electron chi connectivity index (χ3n) is 4.33. The monoisotopic (exact) mass is 389 g/mol. The first-order valence-electron chi connectivity index (χ1n) is 8.56. The van der Waals surface area contributed by atoms with Crippen molar-refractivity contribution < 1.29 is 17.9 Å². The van der Waals surface area contributed by atoms with Crippen LogP contribution in [0.5, 0.6) is 5.75 Å². The quantitative estimate of drug-likeness (QED) is 0.817. The van der Waals surface area contributed by atoms with Crippen LogP contribution in [0.4, 0.5) is 11.4 Å². The summed E-state index contributed by atoms with van der Waals surface area (Å²) in [7, 11) is 1.39. The lowest BCUT2D eigenvalue weighted by atomic mass is 10.1. The van der Waals surface area contributed by atoms with Crippen molar-refractivity contribution >= 4 is 27.3 Å². The molecule has 144 valence electrons. The van der Waals surface area contributed by atoms with Crippen LogP contribution >= 0.6 is 0 Å². The average Bonchev–Trinajstić information content (AvgIpc) is 3.07. The van der Waals surface area contributed by atoms with Crippen LogP contribution in [0.3, 0.4) is 0 Å². The highest BCUT2D eigenvalue weighted by atomic mass is 32.2. The Hall–Kier alpha value is -2.58. The zero-order chi connectivity index (χ0) is 19.6. The van der Waals surface area contributed by atoms with Gasteiger partial charge in [-0.1, -0.05) is 12.1 Å². The first-order chi connectivity index (χ1) is 12.8. The number of carbonyl (C=O) groups excluding carboxylic acids is 1. The van der Waals surface area contributed by atoms with Crippen LogP contribution in [0, 0.1) is 0 Å². The van der Waals surface area contributed by atoms with Gasteiger partial charge in [0.15, 0.2) is 0 Å². The van der Waals surface area contributed by atoms with Crippen molar-refractivity contribution in [2.24, 2.45) is 0 Å². The van der Waals surface area contributed by atoms with Crippen LogP contribution in [0.15, 0.2) is 47.4 Å². The molecule has 0 fully saturated rings. The molecule has 0 spiro atoms. The number of methoxy groups -OCH3 is 1. The molecule has 0 bridgehead atoms. The number of amides is 1. The number of benzene rings is 2. The molecule has 1 N–H and O–H groups in total. The van der Waals surface area contributed by atoms with E-state index in [2.05, 4.69) is 5.32 Å². The van der Waals surface area contributed by atoms with Crippen LogP contribution in [0.1, 0.15) is 5.56 Å². The number of hydrogen-bond donors (Lipinski definition) is 1. The Balaban J connectivity index is 1.96. The molecule has 0 radical (unpaired) electrons. The van der Waals surface area contributed by atoms with Gasteiger partial charge in [0.1, 0.15) is 5.75 Å². The molecule has 1 aliphatic heterocycles. The maximum atomic E-state index is 13.2. The number of nitrogens with zero attached hydrogens (tertiary/aromatic N) is 2. The van der Waals surface area contributed by atoms with E-state index < -0.39 is 10.0 Å². The van der Waals surface area contributed by atoms with Gasteiger partial charge >= 0.3 is 0 Å². The lowest BCUT2D eigenvalue weighted by Gasteiger charge is -2.22. The number of rotatable bonds is 6. The third-order valence-corrected chi connectivity index (χ3v) is 6.15. The van der Waals surface area contributed by atoms with Crippen molar-refractivity contribution in [3.8, 4) is 5.75 Å². The summed E-state index contributed by atoms with van der Waals surface area (Å²) in [6, 6.07) is 11.7. The van der Waals surface area contributed by atoms with Gasteiger partial charge in [-0.25, -0.2) is 8.42 Å². The molecule has 1 heterocycles. The smallest absolute Gasteiger partial charge is 0.264 e. The number of fused-ring (bicyclic) bond motifs is 1. The van der Waals surface area contributed by atoms with E-state index in [0.29, 0.717) is 30.1 Å².